The van der Waals surface area contributed by atoms with Crippen LogP contribution in [0.25, 0.3) is 0 Å². The summed E-state index contributed by atoms with van der Waals surface area (Å²) in [5.74, 6) is -0.613. The van der Waals surface area contributed by atoms with Crippen LogP contribution < -0.4 is 4.90 Å². The summed E-state index contributed by atoms with van der Waals surface area (Å²) in [6, 6.07) is 12.8. The molecule has 4 nitrogen and oxygen atoms in total. The van der Waals surface area contributed by atoms with Crippen molar-refractivity contribution in [1.29, 1.82) is 0 Å². The summed E-state index contributed by atoms with van der Waals surface area (Å²) in [7, 11) is 0. The van der Waals surface area contributed by atoms with Crippen LogP contribution in [-0.4, -0.2) is 29.8 Å². The van der Waals surface area contributed by atoms with E-state index in [-0.39, 0.29) is 11.8 Å². The van der Waals surface area contributed by atoms with Gasteiger partial charge in [-0.1, -0.05) is 65.5 Å². The van der Waals surface area contributed by atoms with E-state index in [9.17, 15) is 9.59 Å². The molecule has 0 N–H and O–H groups in total. The number of carbonyl (C=O) groups is 2. The Kier molecular flexibility index (Phi) is 6.42. The topological polar surface area (TPSA) is 40.6 Å². The molecule has 0 bridgehead atoms. The summed E-state index contributed by atoms with van der Waals surface area (Å²) in [5.41, 5.74) is 2.08. The number of thioether (sulfide) groups is 1. The van der Waals surface area contributed by atoms with Crippen molar-refractivity contribution >= 4 is 52.5 Å². The van der Waals surface area contributed by atoms with Crippen LogP contribution >= 0.6 is 35.0 Å². The van der Waals surface area contributed by atoms with Gasteiger partial charge in [0, 0.05) is 18.0 Å². The SMILES string of the molecule is Cc1ccc(SC2=C(N3CCCCCC3)C(=O)N(c3ccc(Cl)c(Cl)c3)C2=O)cc1. The molecule has 156 valence electrons. The number of nitrogens with zero attached hydrogens (tertiary/aromatic N) is 2. The molecule has 0 saturated carbocycles. The van der Waals surface area contributed by atoms with Crippen molar-refractivity contribution < 1.29 is 9.59 Å². The van der Waals surface area contributed by atoms with Crippen LogP contribution in [-0.2, 0) is 9.59 Å². The predicted octanol–water partition coefficient (Wildman–Crippen LogP) is 6.05. The molecule has 0 unspecified atom stereocenters. The fourth-order valence-electron chi connectivity index (χ4n) is 3.75. The van der Waals surface area contributed by atoms with Gasteiger partial charge in [-0.2, -0.15) is 0 Å². The van der Waals surface area contributed by atoms with Gasteiger partial charge in [0.15, 0.2) is 0 Å². The van der Waals surface area contributed by atoms with Crippen molar-refractivity contribution in [3.63, 3.8) is 0 Å². The van der Waals surface area contributed by atoms with Crippen LogP contribution in [0.5, 0.6) is 0 Å². The van der Waals surface area contributed by atoms with Crippen LogP contribution in [0.15, 0.2) is 58.0 Å². The van der Waals surface area contributed by atoms with Crippen LogP contribution in [0.1, 0.15) is 31.2 Å². The quantitative estimate of drug-likeness (QED) is 0.520. The highest BCUT2D eigenvalue weighted by Crippen LogP contribution is 2.40. The van der Waals surface area contributed by atoms with E-state index in [0.29, 0.717) is 26.3 Å². The number of aryl methyl sites for hydroxylation is 1. The third-order valence-corrected chi connectivity index (χ3v) is 7.16. The van der Waals surface area contributed by atoms with E-state index in [4.69, 9.17) is 23.2 Å². The second-order valence-electron chi connectivity index (χ2n) is 7.54. The Hall–Kier alpha value is -1.95. The van der Waals surface area contributed by atoms with Crippen molar-refractivity contribution in [2.45, 2.75) is 37.5 Å². The number of imide groups is 1. The first-order chi connectivity index (χ1) is 14.5. The molecule has 0 spiro atoms. The minimum atomic E-state index is -0.316. The van der Waals surface area contributed by atoms with E-state index in [1.165, 1.54) is 16.7 Å². The average molecular weight is 461 g/mol. The third kappa shape index (κ3) is 4.25. The third-order valence-electron chi connectivity index (χ3n) is 5.34. The lowest BCUT2D eigenvalue weighted by Gasteiger charge is -2.24. The van der Waals surface area contributed by atoms with E-state index >= 15 is 0 Å². The Morgan fingerprint density at radius 3 is 2.13 bits per heavy atom. The molecule has 0 atom stereocenters. The number of hydrogen-bond acceptors (Lipinski definition) is 4. The minimum absolute atomic E-state index is 0.296. The van der Waals surface area contributed by atoms with Crippen molar-refractivity contribution in [3.05, 3.63) is 68.7 Å². The molecule has 2 aliphatic rings. The zero-order chi connectivity index (χ0) is 21.3. The molecule has 2 heterocycles. The summed E-state index contributed by atoms with van der Waals surface area (Å²) >= 11 is 13.6. The van der Waals surface area contributed by atoms with Gasteiger partial charge in [0.1, 0.15) is 10.6 Å². The highest BCUT2D eigenvalue weighted by molar-refractivity contribution is 8.04. The van der Waals surface area contributed by atoms with Gasteiger partial charge in [-0.15, -0.1) is 0 Å². The Morgan fingerprint density at radius 2 is 1.50 bits per heavy atom. The van der Waals surface area contributed by atoms with Crippen LogP contribution in [0, 0.1) is 6.92 Å². The Labute approximate surface area is 190 Å². The van der Waals surface area contributed by atoms with E-state index < -0.39 is 0 Å². The predicted molar refractivity (Wildman–Crippen MR) is 123 cm³/mol. The summed E-state index contributed by atoms with van der Waals surface area (Å²) in [6.45, 7) is 3.58. The Bertz CT molecular complexity index is 1010. The van der Waals surface area contributed by atoms with Crippen LogP contribution in [0.2, 0.25) is 10.0 Å². The molecule has 30 heavy (non-hydrogen) atoms. The number of rotatable bonds is 4. The molecule has 1 saturated heterocycles. The molecule has 2 aliphatic heterocycles. The largest absolute Gasteiger partial charge is 0.366 e. The van der Waals surface area contributed by atoms with Gasteiger partial charge in [-0.05, 0) is 50.1 Å². The summed E-state index contributed by atoms with van der Waals surface area (Å²) < 4.78 is 0. The number of halogens is 2. The summed E-state index contributed by atoms with van der Waals surface area (Å²) in [4.78, 5) is 31.6. The van der Waals surface area contributed by atoms with Crippen LogP contribution in [0.3, 0.4) is 0 Å². The second kappa shape index (κ2) is 9.04. The molecule has 1 fully saturated rings. The standard InChI is InChI=1S/C23H22Cl2N2O2S/c1-15-6-9-17(10-7-15)30-21-20(26-12-4-2-3-5-13-26)22(28)27(23(21)29)16-8-11-18(24)19(25)14-16/h6-11,14H,2-5,12-13H2,1H3. The normalized spacial score (nSPS) is 17.7. The van der Waals surface area contributed by atoms with E-state index in [2.05, 4.69) is 4.90 Å². The fourth-order valence-corrected chi connectivity index (χ4v) is 5.04. The molecular formula is C23H22Cl2N2O2S. The van der Waals surface area contributed by atoms with E-state index in [1.807, 2.05) is 31.2 Å². The number of amides is 2. The molecule has 0 radical (unpaired) electrons. The minimum Gasteiger partial charge on any atom is -0.366 e. The number of benzene rings is 2. The van der Waals surface area contributed by atoms with Gasteiger partial charge in [0.25, 0.3) is 11.8 Å². The average Bonchev–Trinajstić information content (AvgIpc) is 2.90. The van der Waals surface area contributed by atoms with E-state index in [0.717, 1.165) is 49.2 Å². The van der Waals surface area contributed by atoms with Crippen molar-refractivity contribution in [2.24, 2.45) is 0 Å². The summed E-state index contributed by atoms with van der Waals surface area (Å²) in [5, 5.41) is 0.695. The molecule has 2 aromatic rings. The molecule has 7 heteroatoms. The smallest absolute Gasteiger partial charge is 0.283 e. The molecular weight excluding hydrogens is 439 g/mol. The monoisotopic (exact) mass is 460 g/mol. The molecule has 4 rings (SSSR count). The zero-order valence-corrected chi connectivity index (χ0v) is 19.0. The van der Waals surface area contributed by atoms with Gasteiger partial charge in [0.05, 0.1) is 15.7 Å². The lowest BCUT2D eigenvalue weighted by molar-refractivity contribution is -0.121. The van der Waals surface area contributed by atoms with Gasteiger partial charge < -0.3 is 4.90 Å². The highest BCUT2D eigenvalue weighted by Gasteiger charge is 2.42. The molecule has 0 aromatic heterocycles. The van der Waals surface area contributed by atoms with Crippen molar-refractivity contribution in [3.8, 4) is 0 Å². The first-order valence-corrected chi connectivity index (χ1v) is 11.6. The maximum Gasteiger partial charge on any atom is 0.283 e. The first kappa shape index (κ1) is 21.3. The van der Waals surface area contributed by atoms with Gasteiger partial charge in [-0.25, -0.2) is 4.90 Å². The number of anilines is 1. The van der Waals surface area contributed by atoms with Gasteiger partial charge in [-0.3, -0.25) is 9.59 Å². The maximum atomic E-state index is 13.5. The molecule has 0 aliphatic carbocycles. The zero-order valence-electron chi connectivity index (χ0n) is 16.7. The number of carbonyl (C=O) groups excluding carboxylic acids is 2. The van der Waals surface area contributed by atoms with Crippen molar-refractivity contribution in [2.75, 3.05) is 18.0 Å². The van der Waals surface area contributed by atoms with Gasteiger partial charge in [0.2, 0.25) is 0 Å². The molecule has 2 amide bonds. The second-order valence-corrected chi connectivity index (χ2v) is 9.44. The fraction of sp³-hybridized carbons (Fsp3) is 0.304. The van der Waals surface area contributed by atoms with Crippen LogP contribution in [0.4, 0.5) is 5.69 Å². The van der Waals surface area contributed by atoms with Gasteiger partial charge >= 0.3 is 0 Å². The number of hydrogen-bond donors (Lipinski definition) is 0. The molecule has 2 aromatic carbocycles. The summed E-state index contributed by atoms with van der Waals surface area (Å²) in [6.07, 6.45) is 4.31. The van der Waals surface area contributed by atoms with Crippen molar-refractivity contribution in [1.82, 2.24) is 4.90 Å². The highest BCUT2D eigenvalue weighted by atomic mass is 35.5. The lowest BCUT2D eigenvalue weighted by atomic mass is 10.2. The lowest BCUT2D eigenvalue weighted by Crippen LogP contribution is -2.35. The maximum absolute atomic E-state index is 13.5. The Balaban J connectivity index is 1.74. The Morgan fingerprint density at radius 1 is 0.833 bits per heavy atom. The first-order valence-electron chi connectivity index (χ1n) is 10.0. The van der Waals surface area contributed by atoms with E-state index in [1.54, 1.807) is 18.2 Å². The number of likely N-dealkylation sites (tertiary alicyclic amines) is 1.